The lowest BCUT2D eigenvalue weighted by molar-refractivity contribution is -0.115. The molecule has 2 aromatic heterocycles. The number of hydrogen-bond donors (Lipinski definition) is 2. The van der Waals surface area contributed by atoms with Crippen molar-refractivity contribution < 1.29 is 4.79 Å². The highest BCUT2D eigenvalue weighted by Crippen LogP contribution is 2.30. The van der Waals surface area contributed by atoms with Gasteiger partial charge in [0.05, 0.1) is 15.6 Å². The summed E-state index contributed by atoms with van der Waals surface area (Å²) in [5.74, 6) is -0.117. The van der Waals surface area contributed by atoms with E-state index in [1.54, 1.807) is 11.3 Å². The van der Waals surface area contributed by atoms with Gasteiger partial charge in [-0.2, -0.15) is 0 Å². The first-order valence-electron chi connectivity index (χ1n) is 9.03. The van der Waals surface area contributed by atoms with Crippen molar-refractivity contribution in [1.29, 1.82) is 0 Å². The Bertz CT molecular complexity index is 1060. The van der Waals surface area contributed by atoms with Gasteiger partial charge in [0.15, 0.2) is 5.17 Å². The van der Waals surface area contributed by atoms with Gasteiger partial charge in [-0.05, 0) is 69.2 Å². The second-order valence-electron chi connectivity index (χ2n) is 6.79. The summed E-state index contributed by atoms with van der Waals surface area (Å²) < 4.78 is 0. The topological polar surface area (TPSA) is 73.4 Å². The van der Waals surface area contributed by atoms with E-state index in [-0.39, 0.29) is 5.91 Å². The third-order valence-electron chi connectivity index (χ3n) is 4.26. The van der Waals surface area contributed by atoms with Gasteiger partial charge in [0.1, 0.15) is 0 Å². The van der Waals surface area contributed by atoms with Crippen LogP contribution in [0.15, 0.2) is 46.6 Å². The van der Waals surface area contributed by atoms with Gasteiger partial charge >= 0.3 is 0 Å². The molecular formula is C20H21N5OS2. The number of thioether (sulfide) groups is 1. The molecule has 0 spiro atoms. The molecule has 0 saturated carbocycles. The predicted octanol–water partition coefficient (Wildman–Crippen LogP) is 4.01. The van der Waals surface area contributed by atoms with E-state index in [1.807, 2.05) is 42.7 Å². The molecule has 1 aliphatic heterocycles. The van der Waals surface area contributed by atoms with Crippen LogP contribution in [0.25, 0.3) is 17.0 Å². The first-order valence-corrected chi connectivity index (χ1v) is 10.7. The molecule has 0 aliphatic carbocycles. The molecular weight excluding hydrogens is 390 g/mol. The first kappa shape index (κ1) is 18.9. The number of aromatic amines is 1. The summed E-state index contributed by atoms with van der Waals surface area (Å²) in [5.41, 5.74) is 1.89. The van der Waals surface area contributed by atoms with Crippen molar-refractivity contribution >= 4 is 56.8 Å². The maximum atomic E-state index is 12.3. The number of thiazole rings is 1. The van der Waals surface area contributed by atoms with Gasteiger partial charge in [0, 0.05) is 34.6 Å². The number of nitrogens with one attached hydrogen (secondary N) is 2. The number of carbonyl (C=O) groups excluding carboxylic acids is 1. The summed E-state index contributed by atoms with van der Waals surface area (Å²) in [7, 11) is 4.15. The number of hydrogen-bond acceptors (Lipinski definition) is 6. The van der Waals surface area contributed by atoms with Crippen LogP contribution in [-0.2, 0) is 11.2 Å². The van der Waals surface area contributed by atoms with Crippen molar-refractivity contribution in [1.82, 2.24) is 20.2 Å². The number of H-pyrrole nitrogens is 1. The van der Waals surface area contributed by atoms with E-state index in [4.69, 9.17) is 0 Å². The Balaban J connectivity index is 1.44. The number of aryl methyl sites for hydroxylation is 1. The fourth-order valence-electron chi connectivity index (χ4n) is 2.89. The largest absolute Gasteiger partial charge is 0.361 e. The molecule has 6 nitrogen and oxygen atoms in total. The Morgan fingerprint density at radius 2 is 2.18 bits per heavy atom. The summed E-state index contributed by atoms with van der Waals surface area (Å²) in [6, 6.07) is 7.92. The normalized spacial score (nSPS) is 17.3. The molecule has 1 saturated heterocycles. The van der Waals surface area contributed by atoms with Crippen LogP contribution in [0.4, 0.5) is 5.69 Å². The van der Waals surface area contributed by atoms with Gasteiger partial charge in [-0.25, -0.2) is 9.98 Å². The third-order valence-corrected chi connectivity index (χ3v) is 6.17. The molecule has 0 bridgehead atoms. The molecule has 1 aromatic carbocycles. The molecule has 28 heavy (non-hydrogen) atoms. The van der Waals surface area contributed by atoms with Gasteiger partial charge in [0.2, 0.25) is 0 Å². The second kappa shape index (κ2) is 8.30. The maximum absolute atomic E-state index is 12.3. The van der Waals surface area contributed by atoms with Crippen molar-refractivity contribution in [3.05, 3.63) is 51.4 Å². The van der Waals surface area contributed by atoms with E-state index in [9.17, 15) is 4.79 Å². The molecule has 4 rings (SSSR count). The quantitative estimate of drug-likeness (QED) is 0.601. The van der Waals surface area contributed by atoms with E-state index >= 15 is 0 Å². The van der Waals surface area contributed by atoms with Gasteiger partial charge in [-0.15, -0.1) is 11.3 Å². The monoisotopic (exact) mass is 411 g/mol. The lowest BCUT2D eigenvalue weighted by atomic mass is 10.2. The van der Waals surface area contributed by atoms with Crippen LogP contribution in [0.3, 0.4) is 0 Å². The van der Waals surface area contributed by atoms with E-state index in [0.717, 1.165) is 45.9 Å². The van der Waals surface area contributed by atoms with E-state index in [2.05, 4.69) is 39.3 Å². The number of fused-ring (bicyclic) bond motifs is 1. The molecule has 2 N–H and O–H groups in total. The lowest BCUT2D eigenvalue weighted by Gasteiger charge is -2.07. The minimum atomic E-state index is -0.117. The molecule has 1 amide bonds. The highest BCUT2D eigenvalue weighted by molar-refractivity contribution is 8.18. The third kappa shape index (κ3) is 4.52. The SMILES string of the molecule is CN(C)CCCc1ncc(/C=C2\SC(=Nc3ccc4[nH]ccc4c3)NC2=O)s1. The molecule has 0 unspecified atom stereocenters. The highest BCUT2D eigenvalue weighted by atomic mass is 32.2. The number of benzene rings is 1. The van der Waals surface area contributed by atoms with E-state index in [0.29, 0.717) is 10.1 Å². The van der Waals surface area contributed by atoms with Crippen molar-refractivity contribution in [2.75, 3.05) is 20.6 Å². The molecule has 0 radical (unpaired) electrons. The molecule has 3 aromatic rings. The molecule has 1 fully saturated rings. The van der Waals surface area contributed by atoms with Crippen LogP contribution in [0.2, 0.25) is 0 Å². The molecule has 0 atom stereocenters. The minimum Gasteiger partial charge on any atom is -0.361 e. The zero-order chi connectivity index (χ0) is 19.5. The minimum absolute atomic E-state index is 0.117. The Labute approximate surface area is 171 Å². The van der Waals surface area contributed by atoms with E-state index in [1.165, 1.54) is 11.8 Å². The number of amides is 1. The summed E-state index contributed by atoms with van der Waals surface area (Å²) in [6.07, 6.45) is 7.67. The zero-order valence-corrected chi connectivity index (χ0v) is 17.4. The highest BCUT2D eigenvalue weighted by Gasteiger charge is 2.24. The van der Waals surface area contributed by atoms with Crippen molar-refractivity contribution in [2.24, 2.45) is 4.99 Å². The van der Waals surface area contributed by atoms with Gasteiger partial charge in [-0.1, -0.05) is 0 Å². The fraction of sp³-hybridized carbons (Fsp3) is 0.250. The molecule has 144 valence electrons. The Morgan fingerprint density at radius 1 is 1.29 bits per heavy atom. The van der Waals surface area contributed by atoms with Crippen LogP contribution in [-0.4, -0.2) is 46.6 Å². The van der Waals surface area contributed by atoms with Gasteiger partial charge < -0.3 is 15.2 Å². The standard InChI is InChI=1S/C20H21N5OS2/c1-25(2)9-3-4-18-22-12-15(27-18)11-17-19(26)24-20(28-17)23-14-5-6-16-13(10-14)7-8-21-16/h5-8,10-12,21H,3-4,9H2,1-2H3,(H,23,24,26)/b17-11-. The van der Waals surface area contributed by atoms with Crippen LogP contribution in [0.5, 0.6) is 0 Å². The van der Waals surface area contributed by atoms with Crippen molar-refractivity contribution in [3.8, 4) is 0 Å². The number of carbonyl (C=O) groups is 1. The predicted molar refractivity (Wildman–Crippen MR) is 118 cm³/mol. The summed E-state index contributed by atoms with van der Waals surface area (Å²) in [4.78, 5) is 28.3. The summed E-state index contributed by atoms with van der Waals surface area (Å²) in [5, 5.41) is 5.64. The average molecular weight is 412 g/mol. The van der Waals surface area contributed by atoms with Crippen LogP contribution in [0.1, 0.15) is 16.3 Å². The molecule has 3 heterocycles. The van der Waals surface area contributed by atoms with Gasteiger partial charge in [-0.3, -0.25) is 4.79 Å². The van der Waals surface area contributed by atoms with Gasteiger partial charge in [0.25, 0.3) is 5.91 Å². The van der Waals surface area contributed by atoms with Crippen LogP contribution >= 0.6 is 23.1 Å². The van der Waals surface area contributed by atoms with Crippen molar-refractivity contribution in [3.63, 3.8) is 0 Å². The smallest absolute Gasteiger partial charge is 0.264 e. The zero-order valence-electron chi connectivity index (χ0n) is 15.7. The van der Waals surface area contributed by atoms with Crippen LogP contribution in [0, 0.1) is 0 Å². The summed E-state index contributed by atoms with van der Waals surface area (Å²) in [6.45, 7) is 1.04. The Kier molecular flexibility index (Phi) is 5.61. The van der Waals surface area contributed by atoms with Crippen molar-refractivity contribution in [2.45, 2.75) is 12.8 Å². The number of aliphatic imine (C=N–C) groups is 1. The molecule has 8 heteroatoms. The fourth-order valence-corrected chi connectivity index (χ4v) is 4.70. The maximum Gasteiger partial charge on any atom is 0.264 e. The number of aromatic nitrogens is 2. The van der Waals surface area contributed by atoms with Crippen LogP contribution < -0.4 is 5.32 Å². The second-order valence-corrected chi connectivity index (χ2v) is 8.97. The lowest BCUT2D eigenvalue weighted by Crippen LogP contribution is -2.19. The summed E-state index contributed by atoms with van der Waals surface area (Å²) >= 11 is 3.00. The molecule has 1 aliphatic rings. The first-order chi connectivity index (χ1) is 13.6. The van der Waals surface area contributed by atoms with E-state index < -0.39 is 0 Å². The average Bonchev–Trinajstić information content (AvgIpc) is 3.36. The number of amidine groups is 1. The number of rotatable bonds is 6. The number of nitrogens with zero attached hydrogens (tertiary/aromatic N) is 3. The Morgan fingerprint density at radius 3 is 3.04 bits per heavy atom. The Hall–Kier alpha value is -2.42.